The van der Waals surface area contributed by atoms with Crippen LogP contribution in [0.1, 0.15) is 29.5 Å². The standard InChI is InChI=1S/C13H18FNO3S.C2HF3O2/c1-9-3-4-11(19(16,17)18)10(2)12(9)13(14)5-7-15-8-6-13;3-2(4,5)1(6)7/h3-4,15H,5-8H2,1-2H3,(H,16,17,18);(H,6,7). The van der Waals surface area contributed by atoms with Crippen molar-refractivity contribution in [2.24, 2.45) is 0 Å². The maximum atomic E-state index is 15.1. The highest BCUT2D eigenvalue weighted by Crippen LogP contribution is 2.40. The Hall–Kier alpha value is -1.72. The van der Waals surface area contributed by atoms with Gasteiger partial charge in [-0.05, 0) is 62.5 Å². The van der Waals surface area contributed by atoms with E-state index in [0.717, 1.165) is 0 Å². The molecule has 1 aromatic rings. The first-order valence-electron chi connectivity index (χ1n) is 7.48. The van der Waals surface area contributed by atoms with Crippen LogP contribution in [0.3, 0.4) is 0 Å². The number of hydrogen-bond acceptors (Lipinski definition) is 4. The number of aliphatic carboxylic acids is 1. The molecular formula is C15H19F4NO5S. The number of carboxylic acids is 1. The predicted octanol–water partition coefficient (Wildman–Crippen LogP) is 2.73. The predicted molar refractivity (Wildman–Crippen MR) is 84.3 cm³/mol. The molecule has 0 saturated carbocycles. The van der Waals surface area contributed by atoms with Gasteiger partial charge in [0, 0.05) is 0 Å². The van der Waals surface area contributed by atoms with E-state index < -0.39 is 27.9 Å². The minimum Gasteiger partial charge on any atom is -0.475 e. The second-order valence-corrected chi connectivity index (χ2v) is 7.26. The maximum Gasteiger partial charge on any atom is 0.490 e. The molecule has 0 bridgehead atoms. The van der Waals surface area contributed by atoms with E-state index in [0.29, 0.717) is 42.6 Å². The van der Waals surface area contributed by atoms with Crippen molar-refractivity contribution in [1.29, 1.82) is 0 Å². The highest BCUT2D eigenvalue weighted by Gasteiger charge is 2.38. The fourth-order valence-corrected chi connectivity index (χ4v) is 3.60. The van der Waals surface area contributed by atoms with Crippen molar-refractivity contribution < 1.29 is 40.4 Å². The summed E-state index contributed by atoms with van der Waals surface area (Å²) in [6.07, 6.45) is -4.47. The SMILES string of the molecule is Cc1ccc(S(=O)(=O)O)c(C)c1C1(F)CCNCC1.O=C(O)C(F)(F)F. The minimum absolute atomic E-state index is 0.205. The lowest BCUT2D eigenvalue weighted by Crippen LogP contribution is -2.37. The van der Waals surface area contributed by atoms with Crippen LogP contribution in [0, 0.1) is 13.8 Å². The van der Waals surface area contributed by atoms with Crippen molar-refractivity contribution >= 4 is 16.1 Å². The van der Waals surface area contributed by atoms with Gasteiger partial charge in [-0.15, -0.1) is 0 Å². The average Bonchev–Trinajstić information content (AvgIpc) is 2.45. The Morgan fingerprint density at radius 3 is 2.04 bits per heavy atom. The molecule has 2 rings (SSSR count). The zero-order valence-corrected chi connectivity index (χ0v) is 14.8. The van der Waals surface area contributed by atoms with Crippen LogP contribution in [0.15, 0.2) is 17.0 Å². The van der Waals surface area contributed by atoms with Crippen LogP contribution in [0.5, 0.6) is 0 Å². The molecule has 1 saturated heterocycles. The summed E-state index contributed by atoms with van der Waals surface area (Å²) >= 11 is 0. The topological polar surface area (TPSA) is 104 Å². The van der Waals surface area contributed by atoms with Crippen molar-refractivity contribution in [2.75, 3.05) is 13.1 Å². The van der Waals surface area contributed by atoms with Crippen LogP contribution < -0.4 is 5.32 Å². The Kier molecular flexibility index (Phi) is 6.77. The molecule has 0 unspecified atom stereocenters. The zero-order valence-electron chi connectivity index (χ0n) is 14.0. The number of piperidine rings is 1. The van der Waals surface area contributed by atoms with Crippen LogP contribution in [0.25, 0.3) is 0 Å². The number of carboxylic acid groups (broad SMARTS) is 1. The van der Waals surface area contributed by atoms with Gasteiger partial charge in [0.05, 0.1) is 4.90 Å². The molecule has 3 N–H and O–H groups in total. The molecule has 6 nitrogen and oxygen atoms in total. The molecule has 1 aliphatic heterocycles. The molecule has 26 heavy (non-hydrogen) atoms. The summed E-state index contributed by atoms with van der Waals surface area (Å²) in [6.45, 7) is 4.44. The molecule has 0 aliphatic carbocycles. The lowest BCUT2D eigenvalue weighted by molar-refractivity contribution is -0.192. The number of halogens is 4. The first-order chi connectivity index (χ1) is 11.7. The summed E-state index contributed by atoms with van der Waals surface area (Å²) in [5, 5.41) is 10.2. The highest BCUT2D eigenvalue weighted by molar-refractivity contribution is 7.85. The minimum atomic E-state index is -5.08. The van der Waals surface area contributed by atoms with E-state index >= 15 is 4.39 Å². The van der Waals surface area contributed by atoms with E-state index in [1.54, 1.807) is 19.9 Å². The number of rotatable bonds is 2. The zero-order chi connectivity index (χ0) is 20.3. The summed E-state index contributed by atoms with van der Waals surface area (Å²) in [5.41, 5.74) is -0.0922. The van der Waals surface area contributed by atoms with E-state index in [4.69, 9.17) is 9.90 Å². The van der Waals surface area contributed by atoms with E-state index in [1.807, 2.05) is 0 Å². The molecule has 1 aromatic carbocycles. The normalized spacial score (nSPS) is 17.2. The van der Waals surface area contributed by atoms with Gasteiger partial charge in [-0.25, -0.2) is 9.18 Å². The van der Waals surface area contributed by atoms with Crippen molar-refractivity contribution in [3.63, 3.8) is 0 Å². The molecule has 1 heterocycles. The van der Waals surface area contributed by atoms with Crippen molar-refractivity contribution in [1.82, 2.24) is 5.32 Å². The van der Waals surface area contributed by atoms with Gasteiger partial charge >= 0.3 is 12.1 Å². The Morgan fingerprint density at radius 1 is 1.19 bits per heavy atom. The summed E-state index contributed by atoms with van der Waals surface area (Å²) in [7, 11) is -4.32. The first-order valence-corrected chi connectivity index (χ1v) is 8.92. The highest BCUT2D eigenvalue weighted by atomic mass is 32.2. The maximum absolute atomic E-state index is 15.1. The van der Waals surface area contributed by atoms with Crippen LogP contribution >= 0.6 is 0 Å². The number of hydrogen-bond donors (Lipinski definition) is 3. The molecular weight excluding hydrogens is 382 g/mol. The lowest BCUT2D eigenvalue weighted by atomic mass is 9.82. The Balaban J connectivity index is 0.000000412. The monoisotopic (exact) mass is 401 g/mol. The second kappa shape index (κ2) is 7.89. The van der Waals surface area contributed by atoms with Gasteiger partial charge in [-0.2, -0.15) is 21.6 Å². The molecule has 0 amide bonds. The molecule has 11 heteroatoms. The van der Waals surface area contributed by atoms with Crippen LogP contribution in [-0.4, -0.2) is 43.3 Å². The smallest absolute Gasteiger partial charge is 0.475 e. The third kappa shape index (κ3) is 5.39. The molecule has 0 spiro atoms. The van der Waals surface area contributed by atoms with Crippen molar-refractivity contribution in [3.05, 3.63) is 28.8 Å². The number of nitrogens with one attached hydrogen (secondary N) is 1. The second-order valence-electron chi connectivity index (χ2n) is 5.87. The van der Waals surface area contributed by atoms with Crippen LogP contribution in [-0.2, 0) is 20.6 Å². The summed E-state index contributed by atoms with van der Waals surface area (Å²) in [5.74, 6) is -2.76. The van der Waals surface area contributed by atoms with Gasteiger partial charge in [0.25, 0.3) is 10.1 Å². The number of alkyl halides is 4. The largest absolute Gasteiger partial charge is 0.490 e. The lowest BCUT2D eigenvalue weighted by Gasteiger charge is -2.33. The summed E-state index contributed by atoms with van der Waals surface area (Å²) < 4.78 is 78.7. The molecule has 148 valence electrons. The van der Waals surface area contributed by atoms with Gasteiger partial charge in [0.2, 0.25) is 0 Å². The van der Waals surface area contributed by atoms with Gasteiger partial charge in [-0.1, -0.05) is 6.07 Å². The van der Waals surface area contributed by atoms with E-state index in [9.17, 15) is 26.1 Å². The van der Waals surface area contributed by atoms with Gasteiger partial charge < -0.3 is 10.4 Å². The van der Waals surface area contributed by atoms with Gasteiger partial charge in [0.1, 0.15) is 5.67 Å². The van der Waals surface area contributed by atoms with Crippen molar-refractivity contribution in [2.45, 2.75) is 43.4 Å². The number of carbonyl (C=O) groups is 1. The van der Waals surface area contributed by atoms with E-state index in [1.165, 1.54) is 6.07 Å². The Morgan fingerprint density at radius 2 is 1.65 bits per heavy atom. The van der Waals surface area contributed by atoms with Crippen molar-refractivity contribution in [3.8, 4) is 0 Å². The molecule has 0 radical (unpaired) electrons. The molecule has 1 fully saturated rings. The van der Waals surface area contributed by atoms with Gasteiger partial charge in [-0.3, -0.25) is 4.55 Å². The average molecular weight is 401 g/mol. The summed E-state index contributed by atoms with van der Waals surface area (Å²) in [4.78, 5) is 8.69. The third-order valence-corrected chi connectivity index (χ3v) is 4.99. The Bertz CT molecular complexity index is 771. The fourth-order valence-electron chi connectivity index (χ4n) is 2.87. The molecule has 1 aliphatic rings. The first kappa shape index (κ1) is 22.3. The quantitative estimate of drug-likeness (QED) is 0.520. The van der Waals surface area contributed by atoms with Gasteiger partial charge in [0.15, 0.2) is 0 Å². The Labute approximate surface area is 148 Å². The summed E-state index contributed by atoms with van der Waals surface area (Å²) in [6, 6.07) is 2.88. The van der Waals surface area contributed by atoms with E-state index in [-0.39, 0.29) is 4.90 Å². The number of benzene rings is 1. The molecule has 0 aromatic heterocycles. The third-order valence-electron chi connectivity index (χ3n) is 3.99. The van der Waals surface area contributed by atoms with Crippen LogP contribution in [0.2, 0.25) is 0 Å². The molecule has 0 atom stereocenters. The number of aryl methyl sites for hydroxylation is 1. The fraction of sp³-hybridized carbons (Fsp3) is 0.533. The van der Waals surface area contributed by atoms with E-state index in [2.05, 4.69) is 5.32 Å². The van der Waals surface area contributed by atoms with Crippen LogP contribution in [0.4, 0.5) is 17.6 Å².